The highest BCUT2D eigenvalue weighted by Crippen LogP contribution is 2.60. The molecule has 1 atom stereocenters. The van der Waals surface area contributed by atoms with Gasteiger partial charge in [-0.2, -0.15) is 0 Å². The molecule has 300 valence electrons. The molecule has 64 heavy (non-hydrogen) atoms. The second-order valence-electron chi connectivity index (χ2n) is 17.3. The molecule has 14 rings (SSSR count). The summed E-state index contributed by atoms with van der Waals surface area (Å²) >= 11 is 0. The molecule has 4 nitrogen and oxygen atoms in total. The van der Waals surface area contributed by atoms with Crippen LogP contribution in [-0.4, -0.2) is 9.55 Å². The third-order valence-electron chi connectivity index (χ3n) is 13.9. The molecule has 1 aliphatic carbocycles. The Labute approximate surface area is 369 Å². The number of rotatable bonds is 4. The molecule has 1 spiro atoms. The number of pyridine rings is 1. The Kier molecular flexibility index (Phi) is 7.41. The Morgan fingerprint density at radius 2 is 1.20 bits per heavy atom. The van der Waals surface area contributed by atoms with Crippen LogP contribution in [-0.2, 0) is 5.41 Å². The van der Waals surface area contributed by atoms with Crippen LogP contribution in [0.25, 0.3) is 94.2 Å². The second-order valence-corrected chi connectivity index (χ2v) is 17.3. The van der Waals surface area contributed by atoms with Crippen molar-refractivity contribution in [2.24, 2.45) is 0 Å². The molecule has 3 aromatic heterocycles. The normalized spacial score (nSPS) is 16.1. The van der Waals surface area contributed by atoms with Crippen molar-refractivity contribution in [1.29, 1.82) is 0 Å². The van der Waals surface area contributed by atoms with Gasteiger partial charge in [0, 0.05) is 38.2 Å². The summed E-state index contributed by atoms with van der Waals surface area (Å²) in [7, 11) is 0. The highest BCUT2D eigenvalue weighted by atomic mass is 16.5. The van der Waals surface area contributed by atoms with Crippen LogP contribution < -0.4 is 4.74 Å². The Bertz CT molecular complexity index is 3760. The van der Waals surface area contributed by atoms with Gasteiger partial charge in [-0.05, 0) is 112 Å². The molecule has 8 aromatic carbocycles. The van der Waals surface area contributed by atoms with Crippen molar-refractivity contribution in [3.05, 3.63) is 234 Å². The monoisotopic (exact) mass is 818 g/mol. The molecule has 0 amide bonds. The lowest BCUT2D eigenvalue weighted by Crippen LogP contribution is -2.40. The SMILES string of the molecule is C1=CC2=C(CC1)C1(c3ccccc3O2)c2cc(-c3ccc4oc5cccc(-c6cc(-c7ccccc7)nc(-c7ccccc7)c6)c5c4c3)ccc2-n2c3ccccc3c3cccc1c32. The molecule has 4 heteroatoms. The number of para-hydroxylation sites is 3. The first kappa shape index (κ1) is 35.4. The predicted octanol–water partition coefficient (Wildman–Crippen LogP) is 15.4. The third kappa shape index (κ3) is 4.91. The van der Waals surface area contributed by atoms with E-state index in [0.29, 0.717) is 0 Å². The quantitative estimate of drug-likeness (QED) is 0.178. The van der Waals surface area contributed by atoms with E-state index in [1.807, 2.05) is 12.1 Å². The first-order valence-electron chi connectivity index (χ1n) is 22.2. The van der Waals surface area contributed by atoms with Crippen molar-refractivity contribution in [2.45, 2.75) is 18.3 Å². The second kappa shape index (κ2) is 13.4. The molecule has 1 unspecified atom stereocenters. The molecule has 3 aliphatic rings. The van der Waals surface area contributed by atoms with Crippen LogP contribution in [0.15, 0.2) is 222 Å². The summed E-state index contributed by atoms with van der Waals surface area (Å²) in [4.78, 5) is 5.19. The van der Waals surface area contributed by atoms with Crippen LogP contribution in [0.4, 0.5) is 0 Å². The van der Waals surface area contributed by atoms with Gasteiger partial charge >= 0.3 is 0 Å². The van der Waals surface area contributed by atoms with E-state index in [1.54, 1.807) is 0 Å². The number of nitrogens with zero attached hydrogens (tertiary/aromatic N) is 2. The fraction of sp³-hybridized carbons (Fsp3) is 0.0500. The van der Waals surface area contributed by atoms with Crippen molar-refractivity contribution in [1.82, 2.24) is 9.55 Å². The highest BCUT2D eigenvalue weighted by molar-refractivity contribution is 6.14. The number of benzene rings is 8. The van der Waals surface area contributed by atoms with Crippen molar-refractivity contribution in [2.75, 3.05) is 0 Å². The lowest BCUT2D eigenvalue weighted by Gasteiger charge is -2.47. The van der Waals surface area contributed by atoms with E-state index in [2.05, 4.69) is 199 Å². The minimum atomic E-state index is -0.571. The van der Waals surface area contributed by atoms with E-state index < -0.39 is 5.41 Å². The predicted molar refractivity (Wildman–Crippen MR) is 260 cm³/mol. The van der Waals surface area contributed by atoms with Gasteiger partial charge in [-0.15, -0.1) is 0 Å². The van der Waals surface area contributed by atoms with Gasteiger partial charge < -0.3 is 13.7 Å². The number of allylic oxidation sites excluding steroid dienone is 3. The van der Waals surface area contributed by atoms with Crippen LogP contribution in [0, 0.1) is 0 Å². The molecule has 0 N–H and O–H groups in total. The number of fused-ring (bicyclic) bond motifs is 13. The lowest BCUT2D eigenvalue weighted by atomic mass is 9.59. The van der Waals surface area contributed by atoms with E-state index in [-0.39, 0.29) is 0 Å². The van der Waals surface area contributed by atoms with Crippen molar-refractivity contribution >= 4 is 43.7 Å². The van der Waals surface area contributed by atoms with Gasteiger partial charge in [0.15, 0.2) is 0 Å². The van der Waals surface area contributed by atoms with Crippen molar-refractivity contribution in [3.63, 3.8) is 0 Å². The maximum Gasteiger partial charge on any atom is 0.136 e. The standard InChI is InChI=1S/C60H38N2O2/c1-3-15-37(16-4-1)50-35-41(36-51(61-50)38-17-5-2-6-18-38)42-20-14-28-57-58(42)45-33-39(30-32-54(45)63-57)40-29-31-53-49(34-40)60(46-22-8-11-26-55(46)64-56-27-12-9-23-47(56)60)48-24-13-21-44-43-19-7-10-25-52(43)62(53)59(44)48/h1-8,10-22,24-36H,9,23H2. The Morgan fingerprint density at radius 3 is 2.05 bits per heavy atom. The molecular formula is C60H38N2O2. The highest BCUT2D eigenvalue weighted by Gasteiger charge is 2.51. The Morgan fingerprint density at radius 1 is 0.500 bits per heavy atom. The van der Waals surface area contributed by atoms with E-state index in [9.17, 15) is 0 Å². The zero-order valence-corrected chi connectivity index (χ0v) is 34.8. The van der Waals surface area contributed by atoms with Crippen LogP contribution in [0.5, 0.6) is 5.75 Å². The minimum absolute atomic E-state index is 0.571. The summed E-state index contributed by atoms with van der Waals surface area (Å²) < 4.78 is 16.0. The Balaban J connectivity index is 1.02. The summed E-state index contributed by atoms with van der Waals surface area (Å²) in [5, 5.41) is 4.71. The molecule has 0 bridgehead atoms. The molecule has 0 fully saturated rings. The lowest BCUT2D eigenvalue weighted by molar-refractivity contribution is 0.386. The summed E-state index contributed by atoms with van der Waals surface area (Å²) in [6, 6.07) is 70.1. The summed E-state index contributed by atoms with van der Waals surface area (Å²) in [5.41, 5.74) is 18.4. The van der Waals surface area contributed by atoms with Crippen LogP contribution in [0.2, 0.25) is 0 Å². The van der Waals surface area contributed by atoms with E-state index in [1.165, 1.54) is 49.8 Å². The number of furan rings is 1. The van der Waals surface area contributed by atoms with Gasteiger partial charge in [0.05, 0.1) is 33.5 Å². The number of ether oxygens (including phenoxy) is 1. The number of hydrogen-bond acceptors (Lipinski definition) is 3. The summed E-state index contributed by atoms with van der Waals surface area (Å²) in [5.74, 6) is 1.87. The van der Waals surface area contributed by atoms with Crippen LogP contribution in [0.1, 0.15) is 29.5 Å². The average molecular weight is 819 g/mol. The molecule has 0 saturated heterocycles. The smallest absolute Gasteiger partial charge is 0.136 e. The van der Waals surface area contributed by atoms with Crippen molar-refractivity contribution < 1.29 is 9.15 Å². The average Bonchev–Trinajstić information content (AvgIpc) is 3.92. The van der Waals surface area contributed by atoms with Crippen LogP contribution in [0.3, 0.4) is 0 Å². The molecule has 0 radical (unpaired) electrons. The van der Waals surface area contributed by atoms with Gasteiger partial charge in [0.25, 0.3) is 0 Å². The molecule has 0 saturated carbocycles. The van der Waals surface area contributed by atoms with Gasteiger partial charge in [0.1, 0.15) is 22.7 Å². The van der Waals surface area contributed by atoms with E-state index >= 15 is 0 Å². The van der Waals surface area contributed by atoms with Gasteiger partial charge in [-0.3, -0.25) is 0 Å². The molecular weight excluding hydrogens is 781 g/mol. The van der Waals surface area contributed by atoms with Crippen molar-refractivity contribution in [3.8, 4) is 56.2 Å². The maximum absolute atomic E-state index is 6.80. The topological polar surface area (TPSA) is 40.2 Å². The number of hydrogen-bond donors (Lipinski definition) is 0. The summed E-state index contributed by atoms with van der Waals surface area (Å²) in [6.45, 7) is 0. The van der Waals surface area contributed by atoms with Gasteiger partial charge in [0.2, 0.25) is 0 Å². The first-order valence-corrected chi connectivity index (χ1v) is 22.2. The maximum atomic E-state index is 6.80. The zero-order valence-electron chi connectivity index (χ0n) is 34.8. The van der Waals surface area contributed by atoms with Crippen LogP contribution >= 0.6 is 0 Å². The zero-order chi connectivity index (χ0) is 41.9. The third-order valence-corrected chi connectivity index (χ3v) is 13.9. The molecule has 2 aliphatic heterocycles. The largest absolute Gasteiger partial charge is 0.457 e. The summed E-state index contributed by atoms with van der Waals surface area (Å²) in [6.07, 6.45) is 6.33. The molecule has 11 aromatic rings. The van der Waals surface area contributed by atoms with Gasteiger partial charge in [-0.1, -0.05) is 146 Å². The fourth-order valence-electron chi connectivity index (χ4n) is 11.2. The van der Waals surface area contributed by atoms with E-state index in [0.717, 1.165) is 91.1 Å². The number of aromatic nitrogens is 2. The minimum Gasteiger partial charge on any atom is -0.457 e. The first-order chi connectivity index (χ1) is 31.7. The molecule has 5 heterocycles. The fourth-order valence-corrected chi connectivity index (χ4v) is 11.2. The van der Waals surface area contributed by atoms with E-state index in [4.69, 9.17) is 14.1 Å². The Hall–Kier alpha value is -8.21. The van der Waals surface area contributed by atoms with Gasteiger partial charge in [-0.25, -0.2) is 4.98 Å².